The second kappa shape index (κ2) is 21.5. The molecule has 6 aliphatic carbocycles. The zero-order valence-corrected chi connectivity index (χ0v) is 42.8. The van der Waals surface area contributed by atoms with Crippen molar-refractivity contribution < 1.29 is 60.2 Å². The number of rotatable bonds is 8. The first-order chi connectivity index (χ1) is 34.7. The van der Waals surface area contributed by atoms with E-state index in [9.17, 15) is 55.5 Å². The number of ether oxygens (including phenoxy) is 1. The third-order valence-electron chi connectivity index (χ3n) is 15.5. The number of anilines is 1. The van der Waals surface area contributed by atoms with Gasteiger partial charge in [0.25, 0.3) is 11.8 Å². The fourth-order valence-corrected chi connectivity index (χ4v) is 13.4. The summed E-state index contributed by atoms with van der Waals surface area (Å²) in [6, 6.07) is 8.31. The van der Waals surface area contributed by atoms with E-state index in [1.54, 1.807) is 42.1 Å². The summed E-state index contributed by atoms with van der Waals surface area (Å²) in [5.74, 6) is -6.69. The Labute approximate surface area is 425 Å². The van der Waals surface area contributed by atoms with Crippen LogP contribution in [0.2, 0.25) is 0 Å². The number of nitrogens with one attached hydrogen (secondary N) is 5. The minimum atomic E-state index is -3.83. The molecule has 2 aliphatic heterocycles. The first-order valence-electron chi connectivity index (χ1n) is 25.4. The molecular formula is C50H66N8O13S2. The van der Waals surface area contributed by atoms with Crippen LogP contribution in [0.5, 0.6) is 0 Å². The van der Waals surface area contributed by atoms with Gasteiger partial charge >= 0.3 is 6.09 Å². The number of aliphatic hydroxyl groups is 1. The fourth-order valence-electron chi connectivity index (χ4n) is 10.7. The first kappa shape index (κ1) is 53.4. The van der Waals surface area contributed by atoms with Gasteiger partial charge in [-0.1, -0.05) is 30.4 Å². The zero-order valence-electron chi connectivity index (χ0n) is 41.1. The van der Waals surface area contributed by atoms with E-state index in [4.69, 9.17) is 10.00 Å². The lowest BCUT2D eigenvalue weighted by Crippen LogP contribution is -2.54. The summed E-state index contributed by atoms with van der Waals surface area (Å²) in [5, 5.41) is 26.3. The summed E-state index contributed by atoms with van der Waals surface area (Å²) in [6.07, 6.45) is 13.2. The van der Waals surface area contributed by atoms with E-state index in [0.717, 1.165) is 38.5 Å². The van der Waals surface area contributed by atoms with Crippen molar-refractivity contribution in [3.05, 3.63) is 54.1 Å². The highest BCUT2D eigenvalue weighted by atomic mass is 32.2. The van der Waals surface area contributed by atoms with E-state index in [-0.39, 0.29) is 55.8 Å². The molecular weight excluding hydrogens is 985 g/mol. The SMILES string of the molecule is CN1CCCC/C=C\[C@@H]2C[C@@]2(C(=O)NS(=O)(=O)C2CC2)NC(=O)[C@@H]2C[C@@H](O)C[C@H]2C1=O.CN1CCCC/C=C\[C@@H]2C[C@@]2(C(=O)NS(=O)(=O)C2CC2)NC(=O)[C@@H]2C[C@@H](OC(=O)Nc3cccc(C#N)c3)C[C@H]2C1=O. The average Bonchev–Trinajstić information content (AvgIpc) is 4.16. The smallest absolute Gasteiger partial charge is 0.411 e. The van der Waals surface area contributed by atoms with Gasteiger partial charge in [-0.05, 0) is 121 Å². The van der Waals surface area contributed by atoms with Crippen LogP contribution in [0.15, 0.2) is 48.6 Å². The van der Waals surface area contributed by atoms with E-state index in [0.29, 0.717) is 56.4 Å². The van der Waals surface area contributed by atoms with Crippen molar-refractivity contribution in [3.8, 4) is 6.07 Å². The standard InChI is InChI=1S/C29H35N5O7S.C21H31N3O6S/c1-34-12-5-3-2-4-8-19-16-29(19,27(37)33-42(39,40)22-10-11-22)32-25(35)23-14-21(15-24(23)26(34)36)41-28(38)31-20-9-6-7-18(13-20)17-30;1-24-9-5-3-2-4-6-13-12-21(13,20(28)23-31(29,30)15-7-8-15)22-18(26)16-10-14(25)11-17(16)19(24)27/h4,6-9,13,19,21-24H,2-3,5,10-12,14-16H2,1H3,(H,31,38)(H,32,35)(H,33,37);4,6,13-17,25H,2-3,5,7-12H2,1H3,(H,22,26)(H,23,28)/b8-4-;6-4-/t19-,21-,23-,24-,29-;13-,14-,16-,17-,21-/m11/s1. The normalized spacial score (nSPS) is 33.6. The predicted molar refractivity (Wildman–Crippen MR) is 263 cm³/mol. The van der Waals surface area contributed by atoms with E-state index < -0.39 is 107 Å². The van der Waals surface area contributed by atoms with Gasteiger partial charge in [0.2, 0.25) is 43.7 Å². The highest BCUT2D eigenvalue weighted by Crippen LogP contribution is 2.48. The van der Waals surface area contributed by atoms with Gasteiger partial charge < -0.3 is 30.3 Å². The lowest BCUT2D eigenvalue weighted by atomic mass is 9.93. The summed E-state index contributed by atoms with van der Waals surface area (Å²) in [7, 11) is -4.19. The number of hydrogen-bond acceptors (Lipinski definition) is 14. The van der Waals surface area contributed by atoms with Crippen LogP contribution >= 0.6 is 0 Å². The highest BCUT2D eigenvalue weighted by molar-refractivity contribution is 7.91. The van der Waals surface area contributed by atoms with Gasteiger partial charge in [0.05, 0.1) is 51.9 Å². The second-order valence-electron chi connectivity index (χ2n) is 21.1. The molecule has 0 aromatic heterocycles. The number of nitrogens with zero attached hydrogens (tertiary/aromatic N) is 3. The molecule has 6 saturated carbocycles. The van der Waals surface area contributed by atoms with Gasteiger partial charge in [0.15, 0.2) is 0 Å². The summed E-state index contributed by atoms with van der Waals surface area (Å²) in [5.41, 5.74) is -2.03. The second-order valence-corrected chi connectivity index (χ2v) is 25.1. The molecule has 7 amide bonds. The summed E-state index contributed by atoms with van der Waals surface area (Å²) < 4.78 is 59.6. The Morgan fingerprint density at radius 2 is 1.18 bits per heavy atom. The summed E-state index contributed by atoms with van der Waals surface area (Å²) >= 11 is 0. The van der Waals surface area contributed by atoms with E-state index in [1.165, 1.54) is 6.07 Å². The van der Waals surface area contributed by atoms with Crippen molar-refractivity contribution in [2.24, 2.45) is 35.5 Å². The predicted octanol–water partition coefficient (Wildman–Crippen LogP) is 2.24. The van der Waals surface area contributed by atoms with Crippen molar-refractivity contribution in [2.45, 2.75) is 137 Å². The summed E-state index contributed by atoms with van der Waals surface area (Å²) in [6.45, 7) is 1.09. The van der Waals surface area contributed by atoms with Crippen molar-refractivity contribution in [1.82, 2.24) is 29.9 Å². The molecule has 1 aromatic rings. The molecule has 21 nitrogen and oxygen atoms in total. The van der Waals surface area contributed by atoms with Crippen LogP contribution in [0.25, 0.3) is 0 Å². The van der Waals surface area contributed by atoms with Crippen molar-refractivity contribution >= 4 is 67.3 Å². The molecule has 6 fully saturated rings. The molecule has 23 heteroatoms. The fraction of sp³-hybridized carbons (Fsp3) is 0.640. The van der Waals surface area contributed by atoms with Crippen molar-refractivity contribution in [2.75, 3.05) is 32.5 Å². The molecule has 0 bridgehead atoms. The molecule has 0 saturated heterocycles. The maximum Gasteiger partial charge on any atom is 0.411 e. The first-order valence-corrected chi connectivity index (χ1v) is 28.5. The van der Waals surface area contributed by atoms with Crippen LogP contribution in [0, 0.1) is 46.8 Å². The van der Waals surface area contributed by atoms with Crippen LogP contribution in [0.3, 0.4) is 0 Å². The molecule has 8 aliphatic rings. The van der Waals surface area contributed by atoms with Gasteiger partial charge in [0, 0.05) is 44.7 Å². The number of aliphatic hydroxyl groups excluding tert-OH is 1. The van der Waals surface area contributed by atoms with Gasteiger partial charge in [-0.3, -0.25) is 43.5 Å². The number of benzene rings is 1. The Hall–Kier alpha value is -5.86. The summed E-state index contributed by atoms with van der Waals surface area (Å²) in [4.78, 5) is 95.5. The highest BCUT2D eigenvalue weighted by Gasteiger charge is 2.63. The maximum atomic E-state index is 13.7. The number of carbonyl (C=O) groups is 7. The number of amides is 7. The third-order valence-corrected chi connectivity index (χ3v) is 19.2. The Balaban J connectivity index is 0.000000204. The minimum Gasteiger partial charge on any atom is -0.446 e. The van der Waals surface area contributed by atoms with Crippen LogP contribution in [0.4, 0.5) is 10.5 Å². The number of sulfonamides is 2. The molecule has 0 unspecified atom stereocenters. The quantitative estimate of drug-likeness (QED) is 0.204. The monoisotopic (exact) mass is 1050 g/mol. The van der Waals surface area contributed by atoms with Crippen LogP contribution in [0.1, 0.15) is 108 Å². The van der Waals surface area contributed by atoms with Gasteiger partial charge in [-0.25, -0.2) is 21.6 Å². The molecule has 396 valence electrons. The number of nitriles is 1. The molecule has 0 spiro atoms. The van der Waals surface area contributed by atoms with Gasteiger partial charge in [0.1, 0.15) is 17.2 Å². The van der Waals surface area contributed by atoms with Gasteiger partial charge in [-0.15, -0.1) is 0 Å². The maximum absolute atomic E-state index is 13.7. The Morgan fingerprint density at radius 3 is 1.67 bits per heavy atom. The van der Waals surface area contributed by atoms with Gasteiger partial charge in [-0.2, -0.15) is 5.26 Å². The topological polar surface area (TPSA) is 308 Å². The number of allylic oxidation sites excluding steroid dienone is 2. The number of hydrogen-bond donors (Lipinski definition) is 6. The van der Waals surface area contributed by atoms with Crippen molar-refractivity contribution in [3.63, 3.8) is 0 Å². The van der Waals surface area contributed by atoms with E-state index in [2.05, 4.69) is 25.4 Å². The minimum absolute atomic E-state index is 0.0559. The van der Waals surface area contributed by atoms with Crippen molar-refractivity contribution in [1.29, 1.82) is 5.26 Å². The Morgan fingerprint density at radius 1 is 0.712 bits per heavy atom. The molecule has 6 N–H and O–H groups in total. The lowest BCUT2D eigenvalue weighted by Gasteiger charge is -2.26. The lowest BCUT2D eigenvalue weighted by molar-refractivity contribution is -0.141. The number of carbonyl (C=O) groups excluding carboxylic acids is 7. The molecule has 10 atom stereocenters. The molecule has 0 radical (unpaired) electrons. The van der Waals surface area contributed by atoms with Crippen LogP contribution < -0.4 is 25.4 Å². The number of fused-ring (bicyclic) bond motifs is 4. The van der Waals surface area contributed by atoms with Crippen LogP contribution in [-0.4, -0.2) is 134 Å². The van der Waals surface area contributed by atoms with E-state index in [1.807, 2.05) is 30.4 Å². The largest absolute Gasteiger partial charge is 0.446 e. The molecule has 1 aromatic carbocycles. The average molecular weight is 1050 g/mol. The zero-order chi connectivity index (χ0) is 52.5. The Bertz CT molecular complexity index is 2700. The Kier molecular flexibility index (Phi) is 15.8. The van der Waals surface area contributed by atoms with E-state index >= 15 is 0 Å². The molecule has 9 rings (SSSR count). The molecule has 2 heterocycles. The molecule has 73 heavy (non-hydrogen) atoms. The third kappa shape index (κ3) is 12.4. The van der Waals surface area contributed by atoms with Crippen LogP contribution in [-0.2, 0) is 53.6 Å².